The zero-order valence-electron chi connectivity index (χ0n) is 26.6. The lowest BCUT2D eigenvalue weighted by molar-refractivity contribution is 0.193. The predicted molar refractivity (Wildman–Crippen MR) is 180 cm³/mol. The van der Waals surface area contributed by atoms with Gasteiger partial charge in [0.05, 0.1) is 6.61 Å². The second kappa shape index (κ2) is 34.1. The summed E-state index contributed by atoms with van der Waals surface area (Å²) in [4.78, 5) is 17.2. The van der Waals surface area contributed by atoms with Crippen LogP contribution in [0.15, 0.2) is 0 Å². The molecule has 0 amide bonds. The van der Waals surface area contributed by atoms with Gasteiger partial charge in [0.15, 0.2) is 0 Å². The van der Waals surface area contributed by atoms with Crippen LogP contribution in [0.4, 0.5) is 0 Å². The average Bonchev–Trinajstić information content (AvgIpc) is 2.92. The lowest BCUT2D eigenvalue weighted by Gasteiger charge is -2.05. The maximum Gasteiger partial charge on any atom is 0.469 e. The highest BCUT2D eigenvalue weighted by Crippen LogP contribution is 2.35. The van der Waals surface area contributed by atoms with Crippen molar-refractivity contribution in [3.63, 3.8) is 0 Å². The topological polar surface area (TPSA) is 66.8 Å². The predicted octanol–water partition coefficient (Wildman–Crippen LogP) is 13.0. The third-order valence-electron chi connectivity index (χ3n) is 8.29. The summed E-state index contributed by atoms with van der Waals surface area (Å²) in [5.74, 6) is 0. The molecule has 0 spiro atoms. The summed E-state index contributed by atoms with van der Waals surface area (Å²) in [6, 6.07) is 0. The molecular weight excluding hydrogens is 583 g/mol. The van der Waals surface area contributed by atoms with Gasteiger partial charge in [0.25, 0.3) is 0 Å². The first-order valence-electron chi connectivity index (χ1n) is 17.8. The maximum atomic E-state index is 10.6. The van der Waals surface area contributed by atoms with E-state index in [9.17, 15) is 4.57 Å². The first-order valence-corrected chi connectivity index (χ1v) is 20.5. The summed E-state index contributed by atoms with van der Waals surface area (Å²) in [7, 11) is -4.27. The van der Waals surface area contributed by atoms with Gasteiger partial charge in [0.2, 0.25) is 0 Å². The summed E-state index contributed by atoms with van der Waals surface area (Å²) >= 11 is 3.51. The molecular formula is C34H70BrO4P. The number of unbranched alkanes of at least 4 members (excludes halogenated alkanes) is 31. The van der Waals surface area contributed by atoms with Crippen molar-refractivity contribution in [2.45, 2.75) is 205 Å². The number of halogens is 1. The van der Waals surface area contributed by atoms with Crippen molar-refractivity contribution in [3.05, 3.63) is 0 Å². The monoisotopic (exact) mass is 652 g/mol. The molecule has 2 N–H and O–H groups in total. The molecule has 0 aromatic heterocycles. The van der Waals surface area contributed by atoms with E-state index in [4.69, 9.17) is 9.79 Å². The number of rotatable bonds is 35. The summed E-state index contributed by atoms with van der Waals surface area (Å²) in [6.45, 7) is 0.170. The molecule has 0 saturated carbocycles. The van der Waals surface area contributed by atoms with Crippen molar-refractivity contribution in [1.29, 1.82) is 0 Å². The van der Waals surface area contributed by atoms with E-state index in [0.29, 0.717) is 0 Å². The van der Waals surface area contributed by atoms with E-state index in [1.807, 2.05) is 0 Å². The Bertz CT molecular complexity index is 514. The van der Waals surface area contributed by atoms with Crippen molar-refractivity contribution >= 4 is 23.8 Å². The Kier molecular flexibility index (Phi) is 34.6. The third kappa shape index (κ3) is 38.6. The molecule has 0 bridgehead atoms. The van der Waals surface area contributed by atoms with Crippen molar-refractivity contribution in [2.24, 2.45) is 0 Å². The van der Waals surface area contributed by atoms with Gasteiger partial charge in [-0.1, -0.05) is 209 Å². The fourth-order valence-electron chi connectivity index (χ4n) is 5.68. The molecule has 242 valence electrons. The van der Waals surface area contributed by atoms with Crippen LogP contribution in [0.1, 0.15) is 205 Å². The fourth-order valence-corrected chi connectivity index (χ4v) is 6.45. The zero-order chi connectivity index (χ0) is 29.2. The summed E-state index contributed by atoms with van der Waals surface area (Å²) in [5.41, 5.74) is 0. The summed E-state index contributed by atoms with van der Waals surface area (Å²) < 4.78 is 15.0. The van der Waals surface area contributed by atoms with Crippen LogP contribution in [0, 0.1) is 0 Å². The van der Waals surface area contributed by atoms with Crippen molar-refractivity contribution < 1.29 is 18.9 Å². The molecule has 0 aliphatic carbocycles. The molecule has 0 aliphatic heterocycles. The maximum absolute atomic E-state index is 10.6. The van der Waals surface area contributed by atoms with E-state index in [-0.39, 0.29) is 6.61 Å². The Hall–Kier alpha value is 0.590. The zero-order valence-corrected chi connectivity index (χ0v) is 29.1. The van der Waals surface area contributed by atoms with Gasteiger partial charge in [-0.25, -0.2) is 4.57 Å². The first-order chi connectivity index (χ1) is 19.6. The minimum absolute atomic E-state index is 0.170. The second-order valence-electron chi connectivity index (χ2n) is 12.3. The standard InChI is InChI=1S/C34H70BrO4P/c35-33-31-29-27-25-23-21-19-17-15-13-11-9-7-5-3-1-2-4-6-8-10-12-14-16-18-20-22-24-26-28-30-32-34-39-40(36,37)38/h1-34H2,(H2,36,37,38). The van der Waals surface area contributed by atoms with E-state index >= 15 is 0 Å². The van der Waals surface area contributed by atoms with Crippen LogP contribution in [0.5, 0.6) is 0 Å². The highest BCUT2D eigenvalue weighted by atomic mass is 79.9. The SMILES string of the molecule is O=P(O)(O)OCCCCCCCCCCCCCCCCCCCCCCCCCCCCCCCCCCBr. The van der Waals surface area contributed by atoms with Crippen molar-refractivity contribution in [3.8, 4) is 0 Å². The lowest BCUT2D eigenvalue weighted by atomic mass is 10.0. The van der Waals surface area contributed by atoms with Gasteiger partial charge in [0, 0.05) is 5.33 Å². The van der Waals surface area contributed by atoms with Crippen molar-refractivity contribution in [1.82, 2.24) is 0 Å². The lowest BCUT2D eigenvalue weighted by Crippen LogP contribution is -1.92. The van der Waals surface area contributed by atoms with Crippen LogP contribution < -0.4 is 0 Å². The van der Waals surface area contributed by atoms with Gasteiger partial charge in [-0.2, -0.15) is 0 Å². The van der Waals surface area contributed by atoms with E-state index in [2.05, 4.69) is 20.5 Å². The number of alkyl halides is 1. The van der Waals surface area contributed by atoms with Crippen LogP contribution in [0.2, 0.25) is 0 Å². The number of phosphoric acid groups is 1. The molecule has 0 rings (SSSR count). The Morgan fingerprint density at radius 2 is 0.525 bits per heavy atom. The van der Waals surface area contributed by atoms with E-state index in [1.165, 1.54) is 192 Å². The molecule has 4 nitrogen and oxygen atoms in total. The van der Waals surface area contributed by atoms with Gasteiger partial charge < -0.3 is 9.79 Å². The molecule has 0 saturated heterocycles. The molecule has 0 radical (unpaired) electrons. The van der Waals surface area contributed by atoms with Crippen LogP contribution in [0.25, 0.3) is 0 Å². The number of hydrogen-bond donors (Lipinski definition) is 2. The van der Waals surface area contributed by atoms with E-state index in [1.54, 1.807) is 0 Å². The highest BCUT2D eigenvalue weighted by molar-refractivity contribution is 9.09. The van der Waals surface area contributed by atoms with E-state index < -0.39 is 7.82 Å². The number of phosphoric ester groups is 1. The molecule has 0 atom stereocenters. The van der Waals surface area contributed by atoms with Crippen LogP contribution >= 0.6 is 23.8 Å². The van der Waals surface area contributed by atoms with Gasteiger partial charge >= 0.3 is 7.82 Å². The summed E-state index contributed by atoms with van der Waals surface area (Å²) in [5, 5.41) is 1.18. The second-order valence-corrected chi connectivity index (χ2v) is 14.4. The van der Waals surface area contributed by atoms with Gasteiger partial charge in [-0.3, -0.25) is 4.52 Å². The molecule has 0 aliphatic rings. The minimum atomic E-state index is -4.27. The van der Waals surface area contributed by atoms with Crippen molar-refractivity contribution in [2.75, 3.05) is 11.9 Å². The molecule has 0 aromatic rings. The largest absolute Gasteiger partial charge is 0.469 e. The van der Waals surface area contributed by atoms with Crippen LogP contribution in [-0.4, -0.2) is 21.7 Å². The Morgan fingerprint density at radius 3 is 0.700 bits per heavy atom. The molecule has 0 unspecified atom stereocenters. The molecule has 0 aromatic carbocycles. The fraction of sp³-hybridized carbons (Fsp3) is 1.00. The molecule has 0 fully saturated rings. The van der Waals surface area contributed by atoms with Crippen LogP contribution in [0.3, 0.4) is 0 Å². The normalized spacial score (nSPS) is 12.0. The Labute approximate surface area is 259 Å². The van der Waals surface area contributed by atoms with Gasteiger partial charge in [-0.05, 0) is 12.8 Å². The van der Waals surface area contributed by atoms with Gasteiger partial charge in [-0.15, -0.1) is 0 Å². The molecule has 6 heteroatoms. The molecule has 40 heavy (non-hydrogen) atoms. The van der Waals surface area contributed by atoms with Gasteiger partial charge in [0.1, 0.15) is 0 Å². The Morgan fingerprint density at radius 1 is 0.350 bits per heavy atom. The summed E-state index contributed by atoms with van der Waals surface area (Å²) in [6.07, 6.45) is 44.2. The first kappa shape index (κ1) is 40.6. The van der Waals surface area contributed by atoms with Crippen LogP contribution in [-0.2, 0) is 9.09 Å². The smallest absolute Gasteiger partial charge is 0.303 e. The number of hydrogen-bond acceptors (Lipinski definition) is 2. The van der Waals surface area contributed by atoms with E-state index in [0.717, 1.165) is 19.3 Å². The highest BCUT2D eigenvalue weighted by Gasteiger charge is 2.12. The molecule has 0 heterocycles. The average molecular weight is 654 g/mol. The Balaban J connectivity index is 3.04. The quantitative estimate of drug-likeness (QED) is 0.0406. The third-order valence-corrected chi connectivity index (χ3v) is 9.37. The minimum Gasteiger partial charge on any atom is -0.303 e.